The standard InChI is InChI=1S/C62H73N7O9S/c1-9-67(48-20-22-76-23-21-48)54-28-47(27-51(39(54)6)58(71)63-31-53-37(4)26-38(5)65-59(53)72)44-12-10-42(11-13-44)34-77-24-25-78-50-19-18-46-32-69(61(74)52(46)30-50)56(36(2)3)62(75)68-33-49(70)29-55(68)60(73)66-40(7)43-14-16-45(17-15-43)57-41(8)64-35-79-57/h10-19,26-28,30,35-36,40,48-49,55-56,70H,9,20-25,29,31-34H2,1-8H3,(H,63,71)(H,65,72)(H,66,73)/t40?,49-,55+,56?/m1/s1. The van der Waals surface area contributed by atoms with E-state index in [4.69, 9.17) is 14.2 Å². The van der Waals surface area contributed by atoms with Gasteiger partial charge in [-0.25, -0.2) is 4.98 Å². The number of nitrogens with zero attached hydrogens (tertiary/aromatic N) is 4. The summed E-state index contributed by atoms with van der Waals surface area (Å²) in [7, 11) is 0. The molecule has 2 saturated heterocycles. The number of carbonyl (C=O) groups excluding carboxylic acids is 4. The third-order valence-electron chi connectivity index (χ3n) is 15.7. The fraction of sp³-hybridized carbons (Fsp3) is 0.419. The van der Waals surface area contributed by atoms with E-state index in [0.717, 1.165) is 85.8 Å². The molecule has 2 aromatic heterocycles. The maximum Gasteiger partial charge on any atom is 0.255 e. The molecule has 16 nitrogen and oxygen atoms in total. The Morgan fingerprint density at radius 3 is 2.33 bits per heavy atom. The molecule has 17 heteroatoms. The molecular weight excluding hydrogens is 1020 g/mol. The van der Waals surface area contributed by atoms with Crippen LogP contribution in [0.4, 0.5) is 5.69 Å². The summed E-state index contributed by atoms with van der Waals surface area (Å²) in [6.45, 7) is 18.8. The smallest absolute Gasteiger partial charge is 0.255 e. The molecule has 0 spiro atoms. The molecule has 3 aliphatic rings. The van der Waals surface area contributed by atoms with Crippen LogP contribution in [-0.2, 0) is 38.8 Å². The Morgan fingerprint density at radius 2 is 1.65 bits per heavy atom. The number of thiazole rings is 1. The molecule has 4 amide bonds. The number of pyridine rings is 1. The predicted molar refractivity (Wildman–Crippen MR) is 306 cm³/mol. The maximum absolute atomic E-state index is 14.5. The Morgan fingerprint density at radius 1 is 0.911 bits per heavy atom. The molecule has 0 aliphatic carbocycles. The topological polar surface area (TPSA) is 196 Å². The van der Waals surface area contributed by atoms with Crippen LogP contribution in [0.2, 0.25) is 0 Å². The molecular formula is C62H73N7O9S. The van der Waals surface area contributed by atoms with Crippen LogP contribution in [0.3, 0.4) is 0 Å². The summed E-state index contributed by atoms with van der Waals surface area (Å²) in [6.07, 6.45) is 1.01. The number of anilines is 1. The Balaban J connectivity index is 0.799. The van der Waals surface area contributed by atoms with E-state index in [0.29, 0.717) is 42.3 Å². The van der Waals surface area contributed by atoms with Gasteiger partial charge in [0.2, 0.25) is 11.8 Å². The van der Waals surface area contributed by atoms with Crippen LogP contribution >= 0.6 is 11.3 Å². The van der Waals surface area contributed by atoms with E-state index in [-0.39, 0.29) is 86.5 Å². The second-order valence-electron chi connectivity index (χ2n) is 21.5. The number of aliphatic hydroxyl groups excluding tert-OH is 1. The minimum atomic E-state index is -0.899. The third-order valence-corrected chi connectivity index (χ3v) is 16.6. The van der Waals surface area contributed by atoms with E-state index in [1.807, 2.05) is 127 Å². The van der Waals surface area contributed by atoms with Crippen molar-refractivity contribution in [2.24, 2.45) is 5.92 Å². The summed E-state index contributed by atoms with van der Waals surface area (Å²) in [5.74, 6) is -1.07. The molecule has 0 bridgehead atoms. The van der Waals surface area contributed by atoms with Crippen molar-refractivity contribution < 1.29 is 38.5 Å². The first-order chi connectivity index (χ1) is 38.0. The van der Waals surface area contributed by atoms with Gasteiger partial charge >= 0.3 is 0 Å². The van der Waals surface area contributed by atoms with Gasteiger partial charge in [-0.1, -0.05) is 68.4 Å². The van der Waals surface area contributed by atoms with Crippen molar-refractivity contribution in [3.8, 4) is 27.3 Å². The number of hydrogen-bond donors (Lipinski definition) is 4. The number of aryl methyl sites for hydroxylation is 3. The molecule has 4 N–H and O–H groups in total. The first-order valence-electron chi connectivity index (χ1n) is 27.5. The van der Waals surface area contributed by atoms with Gasteiger partial charge in [0.25, 0.3) is 17.4 Å². The molecule has 9 rings (SSSR count). The Bertz CT molecular complexity index is 3240. The molecule has 2 unspecified atom stereocenters. The molecule has 416 valence electrons. The molecule has 4 atom stereocenters. The highest BCUT2D eigenvalue weighted by Crippen LogP contribution is 2.36. The zero-order valence-electron chi connectivity index (χ0n) is 46.5. The van der Waals surface area contributed by atoms with Gasteiger partial charge in [0.1, 0.15) is 24.4 Å². The normalized spacial score (nSPS) is 17.2. The Labute approximate surface area is 466 Å². The summed E-state index contributed by atoms with van der Waals surface area (Å²) in [6, 6.07) is 25.6. The summed E-state index contributed by atoms with van der Waals surface area (Å²) in [5, 5.41) is 16.9. The fourth-order valence-corrected chi connectivity index (χ4v) is 12.2. The van der Waals surface area contributed by atoms with Crippen molar-refractivity contribution in [2.45, 2.75) is 125 Å². The van der Waals surface area contributed by atoms with Crippen molar-refractivity contribution in [3.63, 3.8) is 0 Å². The quantitative estimate of drug-likeness (QED) is 0.0534. The predicted octanol–water partition coefficient (Wildman–Crippen LogP) is 8.75. The number of hydrogen-bond acceptors (Lipinski definition) is 12. The van der Waals surface area contributed by atoms with Crippen LogP contribution in [-0.4, -0.2) is 112 Å². The maximum atomic E-state index is 14.5. The molecule has 3 aliphatic heterocycles. The zero-order valence-corrected chi connectivity index (χ0v) is 47.3. The molecule has 0 saturated carbocycles. The minimum absolute atomic E-state index is 0.00848. The molecule has 0 radical (unpaired) electrons. The van der Waals surface area contributed by atoms with E-state index in [2.05, 4.69) is 38.5 Å². The van der Waals surface area contributed by atoms with Crippen molar-refractivity contribution in [2.75, 3.05) is 44.4 Å². The van der Waals surface area contributed by atoms with Gasteiger partial charge in [0.15, 0.2) is 0 Å². The number of benzene rings is 4. The van der Waals surface area contributed by atoms with Gasteiger partial charge in [-0.3, -0.25) is 24.0 Å². The van der Waals surface area contributed by atoms with Crippen molar-refractivity contribution >= 4 is 40.7 Å². The number of rotatable bonds is 20. The van der Waals surface area contributed by atoms with Crippen LogP contribution in [0.1, 0.15) is 118 Å². The first kappa shape index (κ1) is 56.5. The lowest BCUT2D eigenvalue weighted by atomic mass is 9.94. The zero-order chi connectivity index (χ0) is 56.1. The third kappa shape index (κ3) is 12.7. The van der Waals surface area contributed by atoms with E-state index >= 15 is 0 Å². The van der Waals surface area contributed by atoms with Gasteiger partial charge in [0, 0.05) is 79.9 Å². The molecule has 4 aromatic carbocycles. The Hall–Kier alpha value is -7.18. The highest BCUT2D eigenvalue weighted by Gasteiger charge is 2.46. The highest BCUT2D eigenvalue weighted by atomic mass is 32.1. The monoisotopic (exact) mass is 1090 g/mol. The summed E-state index contributed by atoms with van der Waals surface area (Å²) >= 11 is 1.58. The lowest BCUT2D eigenvalue weighted by Crippen LogP contribution is -2.55. The number of aromatic amines is 1. The van der Waals surface area contributed by atoms with Gasteiger partial charge in [-0.05, 0) is 135 Å². The number of aromatic nitrogens is 2. The van der Waals surface area contributed by atoms with E-state index in [1.165, 1.54) is 4.90 Å². The van der Waals surface area contributed by atoms with Gasteiger partial charge in [0.05, 0.1) is 41.4 Å². The average Bonchev–Trinajstić information content (AvgIpc) is 4.19. The second kappa shape index (κ2) is 24.9. The largest absolute Gasteiger partial charge is 0.491 e. The number of ether oxygens (including phenoxy) is 3. The average molecular weight is 1090 g/mol. The number of carbonyl (C=O) groups is 4. The van der Waals surface area contributed by atoms with Gasteiger partial charge in [-0.2, -0.15) is 0 Å². The van der Waals surface area contributed by atoms with Crippen LogP contribution in [0.15, 0.2) is 95.2 Å². The molecule has 5 heterocycles. The van der Waals surface area contributed by atoms with Gasteiger partial charge in [-0.15, -0.1) is 11.3 Å². The van der Waals surface area contributed by atoms with E-state index < -0.39 is 18.2 Å². The second-order valence-corrected chi connectivity index (χ2v) is 22.3. The highest BCUT2D eigenvalue weighted by molar-refractivity contribution is 7.13. The SMILES string of the molecule is CCN(c1cc(-c2ccc(COCCOc3ccc4c(c3)C(=O)N(C(C(=O)N3C[C@H](O)C[C@H]3C(=O)NC(C)c3ccc(-c5scnc5C)cc3)C(C)C)C4)cc2)cc(C(=O)NCc2c(C)cc(C)[nH]c2=O)c1C)C1CCOCC1. The molecule has 6 aromatic rings. The van der Waals surface area contributed by atoms with Crippen LogP contribution < -0.4 is 25.8 Å². The Kier molecular flexibility index (Phi) is 17.8. The number of nitrogens with one attached hydrogen (secondary N) is 3. The van der Waals surface area contributed by atoms with E-state index in [1.54, 1.807) is 22.3 Å². The number of aliphatic hydroxyl groups is 1. The number of amides is 4. The number of β-amino-alcohol motifs (C(OH)–C–C–N with tert-alkyl or cyclic N) is 1. The van der Waals surface area contributed by atoms with Crippen LogP contribution in [0.25, 0.3) is 21.6 Å². The van der Waals surface area contributed by atoms with Crippen molar-refractivity contribution in [1.82, 2.24) is 30.4 Å². The summed E-state index contributed by atoms with van der Waals surface area (Å²) in [4.78, 5) is 83.1. The lowest BCUT2D eigenvalue weighted by molar-refractivity contribution is -0.143. The molecule has 2 fully saturated rings. The molecule has 79 heavy (non-hydrogen) atoms. The lowest BCUT2D eigenvalue weighted by Gasteiger charge is -2.37. The number of H-pyrrole nitrogens is 1. The fourth-order valence-electron chi connectivity index (χ4n) is 11.4. The number of fused-ring (bicyclic) bond motifs is 1. The van der Waals surface area contributed by atoms with Gasteiger partial charge < -0.3 is 49.6 Å². The van der Waals surface area contributed by atoms with Crippen LogP contribution in [0, 0.1) is 33.6 Å². The van der Waals surface area contributed by atoms with Crippen molar-refractivity contribution in [3.05, 3.63) is 157 Å². The van der Waals surface area contributed by atoms with Crippen LogP contribution in [0.5, 0.6) is 5.75 Å². The minimum Gasteiger partial charge on any atom is -0.491 e. The summed E-state index contributed by atoms with van der Waals surface area (Å²) in [5.41, 5.74) is 13.1. The van der Waals surface area contributed by atoms with E-state index in [9.17, 15) is 29.1 Å². The summed E-state index contributed by atoms with van der Waals surface area (Å²) < 4.78 is 17.8. The first-order valence-corrected chi connectivity index (χ1v) is 28.4. The number of likely N-dealkylation sites (tertiary alicyclic amines) is 1. The van der Waals surface area contributed by atoms with Crippen molar-refractivity contribution in [1.29, 1.82) is 0 Å².